The second-order valence-electron chi connectivity index (χ2n) is 4.59. The maximum Gasteiger partial charge on any atom is 0.131 e. The second kappa shape index (κ2) is 8.29. The lowest BCUT2D eigenvalue weighted by Crippen LogP contribution is -2.18. The number of ether oxygens (including phenoxy) is 3. The van der Waals surface area contributed by atoms with E-state index in [1.165, 1.54) is 5.56 Å². The molecule has 4 heteroatoms. The minimum absolute atomic E-state index is 0.719. The molecule has 21 heavy (non-hydrogen) atoms. The maximum atomic E-state index is 5.80. The maximum absolute atomic E-state index is 5.80. The first-order valence-electron chi connectivity index (χ1n) is 6.92. The van der Waals surface area contributed by atoms with E-state index in [1.807, 2.05) is 36.4 Å². The highest BCUT2D eigenvalue weighted by molar-refractivity contribution is 5.37. The van der Waals surface area contributed by atoms with Gasteiger partial charge in [0.1, 0.15) is 17.2 Å². The van der Waals surface area contributed by atoms with E-state index in [0.29, 0.717) is 0 Å². The third-order valence-electron chi connectivity index (χ3n) is 3.01. The lowest BCUT2D eigenvalue weighted by Gasteiger charge is -2.08. The highest BCUT2D eigenvalue weighted by atomic mass is 16.5. The summed E-state index contributed by atoms with van der Waals surface area (Å²) in [5.74, 6) is 2.36. The molecule has 0 fully saturated rings. The van der Waals surface area contributed by atoms with Crippen molar-refractivity contribution in [1.82, 2.24) is 5.32 Å². The van der Waals surface area contributed by atoms with Crippen molar-refractivity contribution >= 4 is 0 Å². The molecule has 2 rings (SSSR count). The Kier molecular flexibility index (Phi) is 6.06. The molecule has 4 nitrogen and oxygen atoms in total. The van der Waals surface area contributed by atoms with Gasteiger partial charge in [-0.25, -0.2) is 0 Å². The van der Waals surface area contributed by atoms with Gasteiger partial charge in [-0.3, -0.25) is 0 Å². The van der Waals surface area contributed by atoms with E-state index in [1.54, 1.807) is 14.2 Å². The number of hydrogen-bond donors (Lipinski definition) is 1. The first kappa shape index (κ1) is 15.4. The van der Waals surface area contributed by atoms with Gasteiger partial charge in [0.15, 0.2) is 0 Å². The summed E-state index contributed by atoms with van der Waals surface area (Å²) in [4.78, 5) is 0. The van der Waals surface area contributed by atoms with Gasteiger partial charge >= 0.3 is 0 Å². The molecule has 0 aliphatic carbocycles. The Balaban J connectivity index is 1.89. The van der Waals surface area contributed by atoms with Crippen LogP contribution >= 0.6 is 0 Å². The van der Waals surface area contributed by atoms with E-state index in [2.05, 4.69) is 17.4 Å². The van der Waals surface area contributed by atoms with Crippen LogP contribution in [0, 0.1) is 0 Å². The number of benzene rings is 2. The van der Waals surface area contributed by atoms with E-state index in [0.717, 1.165) is 36.9 Å². The predicted octanol–water partition coefficient (Wildman–Crippen LogP) is 3.22. The molecule has 0 aliphatic rings. The third-order valence-corrected chi connectivity index (χ3v) is 3.01. The average Bonchev–Trinajstić information content (AvgIpc) is 2.53. The fourth-order valence-corrected chi connectivity index (χ4v) is 1.88. The zero-order valence-electron chi connectivity index (χ0n) is 12.5. The summed E-state index contributed by atoms with van der Waals surface area (Å²) in [5.41, 5.74) is 1.21. The topological polar surface area (TPSA) is 39.7 Å². The fourth-order valence-electron chi connectivity index (χ4n) is 1.88. The zero-order chi connectivity index (χ0) is 14.9. The molecule has 1 N–H and O–H groups in total. The monoisotopic (exact) mass is 287 g/mol. The molecule has 0 aliphatic heterocycles. The van der Waals surface area contributed by atoms with Crippen molar-refractivity contribution in [3.8, 4) is 17.2 Å². The van der Waals surface area contributed by atoms with Crippen molar-refractivity contribution in [3.63, 3.8) is 0 Å². The quantitative estimate of drug-likeness (QED) is 0.757. The first-order valence-corrected chi connectivity index (χ1v) is 6.92. The van der Waals surface area contributed by atoms with Gasteiger partial charge in [-0.05, 0) is 29.8 Å². The van der Waals surface area contributed by atoms with Crippen molar-refractivity contribution in [2.24, 2.45) is 0 Å². The van der Waals surface area contributed by atoms with Crippen molar-refractivity contribution in [2.45, 2.75) is 6.54 Å². The van der Waals surface area contributed by atoms with Crippen molar-refractivity contribution in [3.05, 3.63) is 54.1 Å². The molecule has 0 spiro atoms. The Bertz CT molecular complexity index is 540. The van der Waals surface area contributed by atoms with Gasteiger partial charge in [-0.2, -0.15) is 0 Å². The van der Waals surface area contributed by atoms with Crippen LogP contribution in [0.2, 0.25) is 0 Å². The lowest BCUT2D eigenvalue weighted by atomic mass is 10.2. The van der Waals surface area contributed by atoms with Crippen LogP contribution in [-0.4, -0.2) is 27.4 Å². The molecule has 0 heterocycles. The smallest absolute Gasteiger partial charge is 0.131 e. The molecule has 0 bridgehead atoms. The van der Waals surface area contributed by atoms with Gasteiger partial charge in [-0.1, -0.05) is 18.2 Å². The van der Waals surface area contributed by atoms with Crippen LogP contribution in [0.15, 0.2) is 48.5 Å². The standard InChI is InChI=1S/C17H21NO3/c1-19-11-10-18-13-14-6-8-15(9-7-14)21-17-5-3-4-16(12-17)20-2/h3-9,12,18H,10-11,13H2,1-2H3. The van der Waals surface area contributed by atoms with Gasteiger partial charge in [-0.15, -0.1) is 0 Å². The number of nitrogens with one attached hydrogen (secondary N) is 1. The molecule has 0 aromatic heterocycles. The third kappa shape index (κ3) is 5.10. The largest absolute Gasteiger partial charge is 0.497 e. The Morgan fingerprint density at radius 2 is 1.67 bits per heavy atom. The highest BCUT2D eigenvalue weighted by Gasteiger charge is 2.00. The number of methoxy groups -OCH3 is 2. The second-order valence-corrected chi connectivity index (χ2v) is 4.59. The fraction of sp³-hybridized carbons (Fsp3) is 0.294. The Morgan fingerprint density at radius 1 is 0.905 bits per heavy atom. The van der Waals surface area contributed by atoms with Gasteiger partial charge in [0, 0.05) is 26.3 Å². The number of hydrogen-bond acceptors (Lipinski definition) is 4. The van der Waals surface area contributed by atoms with E-state index in [9.17, 15) is 0 Å². The average molecular weight is 287 g/mol. The molecule has 0 saturated heterocycles. The minimum atomic E-state index is 0.719. The number of rotatable bonds is 8. The molecule has 112 valence electrons. The van der Waals surface area contributed by atoms with Gasteiger partial charge in [0.2, 0.25) is 0 Å². The van der Waals surface area contributed by atoms with Crippen LogP contribution in [0.3, 0.4) is 0 Å². The molecule has 0 radical (unpaired) electrons. The first-order chi connectivity index (χ1) is 10.3. The molecular weight excluding hydrogens is 266 g/mol. The molecule has 0 saturated carbocycles. The summed E-state index contributed by atoms with van der Waals surface area (Å²) in [6.45, 7) is 2.39. The Morgan fingerprint density at radius 3 is 2.38 bits per heavy atom. The molecule has 2 aromatic rings. The molecule has 0 atom stereocenters. The van der Waals surface area contributed by atoms with Crippen LogP contribution in [-0.2, 0) is 11.3 Å². The van der Waals surface area contributed by atoms with Crippen molar-refractivity contribution in [1.29, 1.82) is 0 Å². The van der Waals surface area contributed by atoms with E-state index < -0.39 is 0 Å². The predicted molar refractivity (Wildman–Crippen MR) is 83.1 cm³/mol. The Labute approximate surface area is 125 Å². The highest BCUT2D eigenvalue weighted by Crippen LogP contribution is 2.25. The summed E-state index contributed by atoms with van der Waals surface area (Å²) in [7, 11) is 3.34. The summed E-state index contributed by atoms with van der Waals surface area (Å²) >= 11 is 0. The lowest BCUT2D eigenvalue weighted by molar-refractivity contribution is 0.199. The molecule has 0 unspecified atom stereocenters. The molecule has 2 aromatic carbocycles. The van der Waals surface area contributed by atoms with Crippen molar-refractivity contribution in [2.75, 3.05) is 27.4 Å². The van der Waals surface area contributed by atoms with Crippen LogP contribution in [0.25, 0.3) is 0 Å². The van der Waals surface area contributed by atoms with Gasteiger partial charge in [0.05, 0.1) is 13.7 Å². The van der Waals surface area contributed by atoms with Gasteiger partial charge < -0.3 is 19.5 Å². The normalized spacial score (nSPS) is 10.4. The summed E-state index contributed by atoms with van der Waals surface area (Å²) < 4.78 is 16.0. The van der Waals surface area contributed by atoms with Crippen LogP contribution in [0.4, 0.5) is 0 Å². The van der Waals surface area contributed by atoms with Crippen LogP contribution in [0.1, 0.15) is 5.56 Å². The van der Waals surface area contributed by atoms with E-state index in [4.69, 9.17) is 14.2 Å². The minimum Gasteiger partial charge on any atom is -0.497 e. The SMILES string of the molecule is COCCNCc1ccc(Oc2cccc(OC)c2)cc1. The van der Waals surface area contributed by atoms with Crippen LogP contribution in [0.5, 0.6) is 17.2 Å². The van der Waals surface area contributed by atoms with Crippen LogP contribution < -0.4 is 14.8 Å². The van der Waals surface area contributed by atoms with Gasteiger partial charge in [0.25, 0.3) is 0 Å². The Hall–Kier alpha value is -2.04. The van der Waals surface area contributed by atoms with E-state index >= 15 is 0 Å². The molecular formula is C17H21NO3. The van der Waals surface area contributed by atoms with E-state index in [-0.39, 0.29) is 0 Å². The summed E-state index contributed by atoms with van der Waals surface area (Å²) in [6, 6.07) is 15.6. The summed E-state index contributed by atoms with van der Waals surface area (Å²) in [5, 5.41) is 3.30. The molecule has 0 amide bonds. The summed E-state index contributed by atoms with van der Waals surface area (Å²) in [6.07, 6.45) is 0. The van der Waals surface area contributed by atoms with Crippen molar-refractivity contribution < 1.29 is 14.2 Å². The zero-order valence-corrected chi connectivity index (χ0v) is 12.5.